The van der Waals surface area contributed by atoms with Gasteiger partial charge >= 0.3 is 0 Å². The van der Waals surface area contributed by atoms with Crippen molar-refractivity contribution in [2.45, 2.75) is 0 Å². The first kappa shape index (κ1) is 13.3. The van der Waals surface area contributed by atoms with E-state index < -0.39 is 0 Å². The Morgan fingerprint density at radius 2 is 1.62 bits per heavy atom. The Balaban J connectivity index is 1.71. The summed E-state index contributed by atoms with van der Waals surface area (Å²) in [7, 11) is 0. The molecule has 0 aliphatic heterocycles. The molecule has 3 rings (SSSR count). The number of nitrogens with zero attached hydrogens (tertiary/aromatic N) is 2. The van der Waals surface area contributed by atoms with Gasteiger partial charge in [0.2, 0.25) is 5.13 Å². The monoisotopic (exact) mass is 288 g/mol. The number of thiazole rings is 1. The molecule has 0 radical (unpaired) electrons. The van der Waals surface area contributed by atoms with Gasteiger partial charge in [0, 0.05) is 28.9 Å². The zero-order valence-electron chi connectivity index (χ0n) is 11.2. The Kier molecular flexibility index (Phi) is 4.21. The minimum atomic E-state index is 0.767. The molecule has 0 amide bonds. The number of hydrogen-bond donors (Lipinski definition) is 0. The second-order valence-corrected chi connectivity index (χ2v) is 5.18. The molecule has 0 fully saturated rings. The Bertz CT molecular complexity index is 777. The van der Waals surface area contributed by atoms with Crippen molar-refractivity contribution in [2.24, 2.45) is 4.99 Å². The van der Waals surface area contributed by atoms with Crippen molar-refractivity contribution in [3.63, 3.8) is 0 Å². The maximum atomic E-state index is 4.31. The molecule has 0 saturated heterocycles. The summed E-state index contributed by atoms with van der Waals surface area (Å²) in [4.78, 5) is 8.42. The molecule has 0 bridgehead atoms. The van der Waals surface area contributed by atoms with Gasteiger partial charge < -0.3 is 0 Å². The predicted molar refractivity (Wildman–Crippen MR) is 88.2 cm³/mol. The van der Waals surface area contributed by atoms with Crippen LogP contribution in [0.4, 0.5) is 5.13 Å². The van der Waals surface area contributed by atoms with Gasteiger partial charge in [-0.1, -0.05) is 42.2 Å². The van der Waals surface area contributed by atoms with E-state index in [1.165, 1.54) is 11.3 Å². The molecule has 3 heteroatoms. The summed E-state index contributed by atoms with van der Waals surface area (Å²) in [5.74, 6) is 6.30. The van der Waals surface area contributed by atoms with Crippen molar-refractivity contribution in [3.8, 4) is 11.8 Å². The molecule has 0 aliphatic rings. The quantitative estimate of drug-likeness (QED) is 0.510. The van der Waals surface area contributed by atoms with Crippen molar-refractivity contribution in [2.75, 3.05) is 0 Å². The zero-order chi connectivity index (χ0) is 14.3. The lowest BCUT2D eigenvalue weighted by molar-refractivity contribution is 1.36. The summed E-state index contributed by atoms with van der Waals surface area (Å²) >= 11 is 1.52. The summed E-state index contributed by atoms with van der Waals surface area (Å²) < 4.78 is 0. The standard InChI is InChI=1S/C18H12N2S/c1-2-4-15(5-3-1)6-7-16-8-10-17(11-9-16)14-20-18-19-12-13-21-18/h1-5,8-14H. The Morgan fingerprint density at radius 1 is 0.905 bits per heavy atom. The molecule has 0 atom stereocenters. The van der Waals surface area contributed by atoms with Crippen LogP contribution in [-0.2, 0) is 0 Å². The maximum absolute atomic E-state index is 4.31. The topological polar surface area (TPSA) is 25.2 Å². The van der Waals surface area contributed by atoms with E-state index in [1.807, 2.05) is 66.2 Å². The average molecular weight is 288 g/mol. The van der Waals surface area contributed by atoms with Crippen LogP contribution in [0, 0.1) is 11.8 Å². The highest BCUT2D eigenvalue weighted by Crippen LogP contribution is 2.14. The highest BCUT2D eigenvalue weighted by Gasteiger charge is 1.92. The zero-order valence-corrected chi connectivity index (χ0v) is 12.0. The first-order valence-corrected chi connectivity index (χ1v) is 7.39. The normalized spacial score (nSPS) is 10.3. The summed E-state index contributed by atoms with van der Waals surface area (Å²) in [6.45, 7) is 0. The fourth-order valence-electron chi connectivity index (χ4n) is 1.73. The van der Waals surface area contributed by atoms with Crippen LogP contribution in [0.3, 0.4) is 0 Å². The molecule has 0 unspecified atom stereocenters. The molecule has 100 valence electrons. The van der Waals surface area contributed by atoms with Gasteiger partial charge in [0.1, 0.15) is 0 Å². The third kappa shape index (κ3) is 3.88. The number of hydrogen-bond acceptors (Lipinski definition) is 3. The van der Waals surface area contributed by atoms with Crippen molar-refractivity contribution in [1.82, 2.24) is 4.98 Å². The van der Waals surface area contributed by atoms with Gasteiger partial charge in [-0.05, 0) is 29.8 Å². The van der Waals surface area contributed by atoms with Gasteiger partial charge in [-0.2, -0.15) is 0 Å². The second-order valence-electron chi connectivity index (χ2n) is 4.31. The van der Waals surface area contributed by atoms with E-state index in [4.69, 9.17) is 0 Å². The van der Waals surface area contributed by atoms with E-state index in [9.17, 15) is 0 Å². The minimum absolute atomic E-state index is 0.767. The van der Waals surface area contributed by atoms with Gasteiger partial charge in [0.15, 0.2) is 0 Å². The van der Waals surface area contributed by atoms with Gasteiger partial charge in [-0.3, -0.25) is 0 Å². The van der Waals surface area contributed by atoms with E-state index in [-0.39, 0.29) is 0 Å². The molecular weight excluding hydrogens is 276 g/mol. The molecule has 0 spiro atoms. The van der Waals surface area contributed by atoms with Crippen LogP contribution in [0.1, 0.15) is 16.7 Å². The Labute approximate surface area is 127 Å². The van der Waals surface area contributed by atoms with Crippen LogP contribution in [0.15, 0.2) is 71.2 Å². The number of aromatic nitrogens is 1. The van der Waals surface area contributed by atoms with Crippen LogP contribution in [-0.4, -0.2) is 11.2 Å². The molecular formula is C18H12N2S. The molecule has 21 heavy (non-hydrogen) atoms. The second kappa shape index (κ2) is 6.65. The van der Waals surface area contributed by atoms with Crippen LogP contribution in [0.5, 0.6) is 0 Å². The molecule has 3 aromatic rings. The van der Waals surface area contributed by atoms with Gasteiger partial charge in [0.05, 0.1) is 0 Å². The summed E-state index contributed by atoms with van der Waals surface area (Å²) in [5, 5.41) is 2.68. The Hall–Kier alpha value is -2.70. The van der Waals surface area contributed by atoms with Crippen LogP contribution in [0.25, 0.3) is 0 Å². The highest BCUT2D eigenvalue weighted by atomic mass is 32.1. The molecule has 2 nitrogen and oxygen atoms in total. The molecule has 0 N–H and O–H groups in total. The molecule has 1 aromatic heterocycles. The smallest absolute Gasteiger partial charge is 0.208 e. The van der Waals surface area contributed by atoms with E-state index >= 15 is 0 Å². The number of rotatable bonds is 2. The van der Waals surface area contributed by atoms with E-state index in [0.29, 0.717) is 0 Å². The van der Waals surface area contributed by atoms with E-state index in [0.717, 1.165) is 21.8 Å². The predicted octanol–water partition coefficient (Wildman–Crippen LogP) is 4.29. The third-order valence-electron chi connectivity index (χ3n) is 2.78. The fraction of sp³-hybridized carbons (Fsp3) is 0. The van der Waals surface area contributed by atoms with Crippen molar-refractivity contribution in [3.05, 3.63) is 82.9 Å². The first-order chi connectivity index (χ1) is 10.4. The first-order valence-electron chi connectivity index (χ1n) is 6.51. The van der Waals surface area contributed by atoms with Gasteiger partial charge in [-0.25, -0.2) is 9.98 Å². The van der Waals surface area contributed by atoms with Crippen LogP contribution in [0.2, 0.25) is 0 Å². The van der Waals surface area contributed by atoms with E-state index in [2.05, 4.69) is 21.8 Å². The highest BCUT2D eigenvalue weighted by molar-refractivity contribution is 7.13. The fourth-order valence-corrected chi connectivity index (χ4v) is 2.21. The lowest BCUT2D eigenvalue weighted by Gasteiger charge is -1.93. The lowest BCUT2D eigenvalue weighted by atomic mass is 10.1. The lowest BCUT2D eigenvalue weighted by Crippen LogP contribution is -1.81. The number of benzene rings is 2. The summed E-state index contributed by atoms with van der Waals surface area (Å²) in [6.07, 6.45) is 3.56. The molecule has 1 heterocycles. The SMILES string of the molecule is C(#Cc1ccc(C=Nc2nccs2)cc1)c1ccccc1. The number of aliphatic imine (C=N–C) groups is 1. The largest absolute Gasteiger partial charge is 0.227 e. The molecule has 0 aliphatic carbocycles. The molecule has 2 aromatic carbocycles. The summed E-state index contributed by atoms with van der Waals surface area (Å²) in [6, 6.07) is 18.0. The Morgan fingerprint density at radius 3 is 2.29 bits per heavy atom. The van der Waals surface area contributed by atoms with Gasteiger partial charge in [0.25, 0.3) is 0 Å². The maximum Gasteiger partial charge on any atom is 0.208 e. The molecule has 0 saturated carbocycles. The van der Waals surface area contributed by atoms with Crippen molar-refractivity contribution in [1.29, 1.82) is 0 Å². The van der Waals surface area contributed by atoms with Crippen LogP contribution < -0.4 is 0 Å². The average Bonchev–Trinajstić information content (AvgIpc) is 3.06. The minimum Gasteiger partial charge on any atom is -0.227 e. The summed E-state index contributed by atoms with van der Waals surface area (Å²) in [5.41, 5.74) is 3.05. The van der Waals surface area contributed by atoms with Crippen molar-refractivity contribution >= 4 is 22.7 Å². The van der Waals surface area contributed by atoms with Crippen LogP contribution >= 0.6 is 11.3 Å². The van der Waals surface area contributed by atoms with Crippen molar-refractivity contribution < 1.29 is 0 Å². The van der Waals surface area contributed by atoms with E-state index in [1.54, 1.807) is 6.20 Å². The third-order valence-corrected chi connectivity index (χ3v) is 3.46. The van der Waals surface area contributed by atoms with Gasteiger partial charge in [-0.15, -0.1) is 11.3 Å².